The van der Waals surface area contributed by atoms with Gasteiger partial charge in [0.15, 0.2) is 11.5 Å². The Bertz CT molecular complexity index is 553. The standard InChI is InChI=1S/C19H25FO2/c1-3-5-6-7-13-8-9-14-15-10-11-16(21-4-2)18(20)19(15)22-17(14)12-13/h6-7,10-11,13-14,17H,3-5,8-9,12H2,1-2H3/t13?,14-,17+/m0/s1. The van der Waals surface area contributed by atoms with Crippen LogP contribution in [0.5, 0.6) is 11.5 Å². The van der Waals surface area contributed by atoms with Gasteiger partial charge < -0.3 is 9.47 Å². The average Bonchev–Trinajstić information content (AvgIpc) is 2.89. The maximum absolute atomic E-state index is 14.5. The van der Waals surface area contributed by atoms with Crippen LogP contribution in [0.3, 0.4) is 0 Å². The number of fused-ring (bicyclic) bond motifs is 3. The predicted molar refractivity (Wildman–Crippen MR) is 86.1 cm³/mol. The van der Waals surface area contributed by atoms with Gasteiger partial charge in [-0.1, -0.05) is 31.6 Å². The smallest absolute Gasteiger partial charge is 0.207 e. The Morgan fingerprint density at radius 1 is 1.32 bits per heavy atom. The molecule has 0 N–H and O–H groups in total. The predicted octanol–water partition coefficient (Wildman–Crippen LogP) is 5.23. The van der Waals surface area contributed by atoms with Crippen molar-refractivity contribution in [1.29, 1.82) is 0 Å². The Hall–Kier alpha value is -1.51. The van der Waals surface area contributed by atoms with Crippen molar-refractivity contribution >= 4 is 0 Å². The number of hydrogen-bond acceptors (Lipinski definition) is 2. The van der Waals surface area contributed by atoms with Gasteiger partial charge in [0.1, 0.15) is 6.10 Å². The number of rotatable bonds is 5. The van der Waals surface area contributed by atoms with Gasteiger partial charge in [0.05, 0.1) is 6.61 Å². The molecule has 0 saturated heterocycles. The molecule has 1 aliphatic carbocycles. The van der Waals surface area contributed by atoms with Crippen LogP contribution in [0.4, 0.5) is 4.39 Å². The van der Waals surface area contributed by atoms with Crippen LogP contribution in [-0.2, 0) is 0 Å². The minimum atomic E-state index is -0.327. The van der Waals surface area contributed by atoms with Crippen LogP contribution in [-0.4, -0.2) is 12.7 Å². The molecular weight excluding hydrogens is 279 g/mol. The zero-order valence-electron chi connectivity index (χ0n) is 13.5. The molecule has 0 aromatic heterocycles. The topological polar surface area (TPSA) is 18.5 Å². The Morgan fingerprint density at radius 3 is 2.95 bits per heavy atom. The number of ether oxygens (including phenoxy) is 2. The van der Waals surface area contributed by atoms with Crippen molar-refractivity contribution in [3.8, 4) is 11.5 Å². The third kappa shape index (κ3) is 2.86. The van der Waals surface area contributed by atoms with E-state index in [1.807, 2.05) is 13.0 Å². The SMILES string of the molecule is CCCC=CC1CC[C@H]2c3ccc(OCC)c(F)c3O[C@@H]2C1. The fourth-order valence-corrected chi connectivity index (χ4v) is 3.66. The first-order valence-electron chi connectivity index (χ1n) is 8.53. The van der Waals surface area contributed by atoms with Crippen molar-refractivity contribution in [2.45, 2.75) is 58.0 Å². The summed E-state index contributed by atoms with van der Waals surface area (Å²) in [6.45, 7) is 4.52. The molecule has 3 heteroatoms. The molecule has 0 amide bonds. The van der Waals surface area contributed by atoms with Crippen molar-refractivity contribution in [2.75, 3.05) is 6.61 Å². The molecule has 0 bridgehead atoms. The Kier molecular flexibility index (Phi) is 4.70. The third-order valence-corrected chi connectivity index (χ3v) is 4.76. The molecule has 1 aromatic rings. The number of allylic oxidation sites excluding steroid dienone is 2. The van der Waals surface area contributed by atoms with Crippen LogP contribution in [0.2, 0.25) is 0 Å². The third-order valence-electron chi connectivity index (χ3n) is 4.76. The number of unbranched alkanes of at least 4 members (excludes halogenated alkanes) is 1. The molecule has 1 aliphatic heterocycles. The second-order valence-corrected chi connectivity index (χ2v) is 6.28. The van der Waals surface area contributed by atoms with Gasteiger partial charge in [-0.2, -0.15) is 4.39 Å². The fourth-order valence-electron chi connectivity index (χ4n) is 3.66. The van der Waals surface area contributed by atoms with Crippen molar-refractivity contribution in [3.05, 3.63) is 35.7 Å². The molecule has 2 nitrogen and oxygen atoms in total. The van der Waals surface area contributed by atoms with Gasteiger partial charge in [0.2, 0.25) is 5.82 Å². The summed E-state index contributed by atoms with van der Waals surface area (Å²) in [6.07, 6.45) is 10.3. The van der Waals surface area contributed by atoms with Crippen molar-refractivity contribution in [2.24, 2.45) is 5.92 Å². The van der Waals surface area contributed by atoms with Gasteiger partial charge in [-0.05, 0) is 44.6 Å². The summed E-state index contributed by atoms with van der Waals surface area (Å²) in [4.78, 5) is 0. The molecule has 2 aliphatic rings. The highest BCUT2D eigenvalue weighted by Gasteiger charge is 2.40. The highest BCUT2D eigenvalue weighted by atomic mass is 19.1. The van der Waals surface area contributed by atoms with Crippen LogP contribution in [0.25, 0.3) is 0 Å². The molecular formula is C19H25FO2. The minimum Gasteiger partial charge on any atom is -0.491 e. The molecule has 120 valence electrons. The summed E-state index contributed by atoms with van der Waals surface area (Å²) >= 11 is 0. The van der Waals surface area contributed by atoms with E-state index >= 15 is 0 Å². The summed E-state index contributed by atoms with van der Waals surface area (Å²) in [7, 11) is 0. The average molecular weight is 304 g/mol. The molecule has 1 heterocycles. The lowest BCUT2D eigenvalue weighted by Gasteiger charge is -2.29. The highest BCUT2D eigenvalue weighted by Crippen LogP contribution is 2.49. The molecule has 1 unspecified atom stereocenters. The Labute approximate surface area is 132 Å². The number of benzene rings is 1. The first kappa shape index (κ1) is 15.4. The minimum absolute atomic E-state index is 0.117. The molecule has 1 aromatic carbocycles. The number of hydrogen-bond donors (Lipinski definition) is 0. The van der Waals surface area contributed by atoms with Gasteiger partial charge in [0, 0.05) is 11.5 Å². The highest BCUT2D eigenvalue weighted by molar-refractivity contribution is 5.48. The van der Waals surface area contributed by atoms with Crippen LogP contribution in [0.1, 0.15) is 57.4 Å². The van der Waals surface area contributed by atoms with Crippen molar-refractivity contribution < 1.29 is 13.9 Å². The lowest BCUT2D eigenvalue weighted by Crippen LogP contribution is -2.27. The van der Waals surface area contributed by atoms with Crippen LogP contribution in [0.15, 0.2) is 24.3 Å². The van der Waals surface area contributed by atoms with E-state index in [9.17, 15) is 4.39 Å². The summed E-state index contributed by atoms with van der Waals surface area (Å²) in [5.74, 6) is 1.32. The summed E-state index contributed by atoms with van der Waals surface area (Å²) in [5.41, 5.74) is 1.03. The lowest BCUT2D eigenvalue weighted by atomic mass is 9.77. The molecule has 0 spiro atoms. The van der Waals surface area contributed by atoms with E-state index in [1.54, 1.807) is 6.07 Å². The first-order valence-corrected chi connectivity index (χ1v) is 8.53. The molecule has 0 radical (unpaired) electrons. The Morgan fingerprint density at radius 2 is 2.18 bits per heavy atom. The molecule has 1 saturated carbocycles. The van der Waals surface area contributed by atoms with E-state index in [-0.39, 0.29) is 11.9 Å². The van der Waals surface area contributed by atoms with Gasteiger partial charge in [0.25, 0.3) is 0 Å². The normalized spacial score (nSPS) is 26.6. The van der Waals surface area contributed by atoms with Crippen LogP contribution < -0.4 is 9.47 Å². The molecule has 22 heavy (non-hydrogen) atoms. The van der Waals surface area contributed by atoms with Gasteiger partial charge in [-0.3, -0.25) is 0 Å². The van der Waals surface area contributed by atoms with E-state index in [0.29, 0.717) is 29.9 Å². The van der Waals surface area contributed by atoms with Crippen molar-refractivity contribution in [1.82, 2.24) is 0 Å². The maximum Gasteiger partial charge on any atom is 0.207 e. The summed E-state index contributed by atoms with van der Waals surface area (Å²) in [5, 5.41) is 0. The second kappa shape index (κ2) is 6.72. The quantitative estimate of drug-likeness (QED) is 0.694. The zero-order chi connectivity index (χ0) is 15.5. The molecule has 3 rings (SSSR count). The fraction of sp³-hybridized carbons (Fsp3) is 0.579. The van der Waals surface area contributed by atoms with E-state index in [0.717, 1.165) is 24.8 Å². The zero-order valence-corrected chi connectivity index (χ0v) is 13.5. The first-order chi connectivity index (χ1) is 10.7. The lowest BCUT2D eigenvalue weighted by molar-refractivity contribution is 0.139. The van der Waals surface area contributed by atoms with Crippen LogP contribution >= 0.6 is 0 Å². The number of halogens is 1. The second-order valence-electron chi connectivity index (χ2n) is 6.28. The Balaban J connectivity index is 1.74. The van der Waals surface area contributed by atoms with E-state index in [1.165, 1.54) is 12.8 Å². The summed E-state index contributed by atoms with van der Waals surface area (Å²) in [6, 6.07) is 3.73. The van der Waals surface area contributed by atoms with Crippen LogP contribution in [0, 0.1) is 11.7 Å². The van der Waals surface area contributed by atoms with E-state index in [2.05, 4.69) is 19.1 Å². The van der Waals surface area contributed by atoms with Crippen molar-refractivity contribution in [3.63, 3.8) is 0 Å². The van der Waals surface area contributed by atoms with Gasteiger partial charge in [-0.25, -0.2) is 0 Å². The summed E-state index contributed by atoms with van der Waals surface area (Å²) < 4.78 is 25.8. The monoisotopic (exact) mass is 304 g/mol. The largest absolute Gasteiger partial charge is 0.491 e. The molecule has 1 fully saturated rings. The molecule has 3 atom stereocenters. The van der Waals surface area contributed by atoms with E-state index in [4.69, 9.17) is 9.47 Å². The van der Waals surface area contributed by atoms with E-state index < -0.39 is 0 Å². The van der Waals surface area contributed by atoms with Gasteiger partial charge in [-0.15, -0.1) is 0 Å². The maximum atomic E-state index is 14.5. The van der Waals surface area contributed by atoms with Gasteiger partial charge >= 0.3 is 0 Å².